The van der Waals surface area contributed by atoms with Gasteiger partial charge in [-0.05, 0) is 43.5 Å². The third-order valence-corrected chi connectivity index (χ3v) is 6.32. The number of nitrogens with zero attached hydrogens (tertiary/aromatic N) is 6. The highest BCUT2D eigenvalue weighted by Crippen LogP contribution is 2.33. The Bertz CT molecular complexity index is 1200. The van der Waals surface area contributed by atoms with Crippen LogP contribution in [0.5, 0.6) is 0 Å². The van der Waals surface area contributed by atoms with E-state index in [9.17, 15) is 14.0 Å². The number of carbonyl (C=O) groups is 2. The highest BCUT2D eigenvalue weighted by atomic mass is 19.1. The van der Waals surface area contributed by atoms with Crippen molar-refractivity contribution in [1.82, 2.24) is 24.6 Å². The van der Waals surface area contributed by atoms with E-state index in [0.29, 0.717) is 30.3 Å². The Hall–Kier alpha value is -3.62. The molecule has 0 unspecified atom stereocenters. The van der Waals surface area contributed by atoms with Gasteiger partial charge in [-0.15, -0.1) is 0 Å². The zero-order valence-corrected chi connectivity index (χ0v) is 18.4. The molecular formula is C24H25FN6O2. The number of hydrogen-bond donors (Lipinski definition) is 0. The lowest BCUT2D eigenvalue weighted by molar-refractivity contribution is -0.133. The number of halogens is 1. The number of rotatable bonds is 5. The molecule has 0 aliphatic carbocycles. The standard InChI is InChI=1S/C24H25FN6O2/c1-16-20-12-21(32)31(13-17-5-2-7-19(25)11-17)24(20)28-23(27-16)18-6-3-9-29(14-18)22(33)15-30-10-4-8-26-30/h2,4-5,7-8,10-11,18H,3,6,9,12-15H2,1H3/t18-/m0/s1. The van der Waals surface area contributed by atoms with Crippen LogP contribution in [0.25, 0.3) is 0 Å². The van der Waals surface area contributed by atoms with Crippen LogP contribution in [0.3, 0.4) is 0 Å². The Labute approximate surface area is 191 Å². The van der Waals surface area contributed by atoms with Gasteiger partial charge < -0.3 is 4.90 Å². The lowest BCUT2D eigenvalue weighted by atomic mass is 9.96. The van der Waals surface area contributed by atoms with E-state index in [1.807, 2.05) is 11.8 Å². The summed E-state index contributed by atoms with van der Waals surface area (Å²) in [6, 6.07) is 8.05. The summed E-state index contributed by atoms with van der Waals surface area (Å²) in [6.07, 6.45) is 5.42. The van der Waals surface area contributed by atoms with Crippen LogP contribution in [0, 0.1) is 12.7 Å². The number of fused-ring (bicyclic) bond motifs is 1. The molecule has 0 spiro atoms. The quantitative estimate of drug-likeness (QED) is 0.599. The summed E-state index contributed by atoms with van der Waals surface area (Å²) in [5.41, 5.74) is 2.31. The molecule has 170 valence electrons. The van der Waals surface area contributed by atoms with E-state index < -0.39 is 0 Å². The maximum atomic E-state index is 13.7. The molecule has 0 bridgehead atoms. The number of piperidine rings is 1. The Morgan fingerprint density at radius 3 is 2.91 bits per heavy atom. The fourth-order valence-corrected chi connectivity index (χ4v) is 4.61. The highest BCUT2D eigenvalue weighted by Gasteiger charge is 2.34. The zero-order valence-electron chi connectivity index (χ0n) is 18.4. The number of aromatic nitrogens is 4. The van der Waals surface area contributed by atoms with Gasteiger partial charge >= 0.3 is 0 Å². The van der Waals surface area contributed by atoms with Crippen molar-refractivity contribution < 1.29 is 14.0 Å². The molecule has 9 heteroatoms. The Balaban J connectivity index is 1.37. The van der Waals surface area contributed by atoms with Crippen LogP contribution < -0.4 is 4.90 Å². The Morgan fingerprint density at radius 2 is 2.12 bits per heavy atom. The average Bonchev–Trinajstić information content (AvgIpc) is 3.42. The van der Waals surface area contributed by atoms with Crippen molar-refractivity contribution in [3.63, 3.8) is 0 Å². The third kappa shape index (κ3) is 4.35. The SMILES string of the molecule is Cc1nc([C@H]2CCCN(C(=O)Cn3cccn3)C2)nc2c1CC(=O)N2Cc1cccc(F)c1. The lowest BCUT2D eigenvalue weighted by Crippen LogP contribution is -2.41. The van der Waals surface area contributed by atoms with Gasteiger partial charge in [-0.2, -0.15) is 5.10 Å². The van der Waals surface area contributed by atoms with Gasteiger partial charge in [0.15, 0.2) is 0 Å². The zero-order chi connectivity index (χ0) is 22.9. The second-order valence-electron chi connectivity index (χ2n) is 8.64. The van der Waals surface area contributed by atoms with E-state index in [2.05, 4.69) is 5.10 Å². The molecule has 8 nitrogen and oxygen atoms in total. The summed E-state index contributed by atoms with van der Waals surface area (Å²) in [5.74, 6) is 0.873. The lowest BCUT2D eigenvalue weighted by Gasteiger charge is -2.32. The number of anilines is 1. The summed E-state index contributed by atoms with van der Waals surface area (Å²) in [7, 11) is 0. The molecule has 2 aromatic heterocycles. The van der Waals surface area contributed by atoms with E-state index >= 15 is 0 Å². The first-order valence-electron chi connectivity index (χ1n) is 11.2. The van der Waals surface area contributed by atoms with Crippen LogP contribution in [0.15, 0.2) is 42.7 Å². The number of benzene rings is 1. The predicted octanol–water partition coefficient (Wildman–Crippen LogP) is 2.62. The van der Waals surface area contributed by atoms with Crippen molar-refractivity contribution in [3.8, 4) is 0 Å². The molecule has 1 atom stereocenters. The van der Waals surface area contributed by atoms with Gasteiger partial charge in [-0.25, -0.2) is 14.4 Å². The van der Waals surface area contributed by atoms with Crippen LogP contribution in [0.4, 0.5) is 10.2 Å². The summed E-state index contributed by atoms with van der Waals surface area (Å²) in [6.45, 7) is 3.60. The van der Waals surface area contributed by atoms with Gasteiger partial charge in [-0.1, -0.05) is 12.1 Å². The van der Waals surface area contributed by atoms with Crippen molar-refractivity contribution in [2.45, 2.75) is 45.2 Å². The van der Waals surface area contributed by atoms with Crippen molar-refractivity contribution in [3.05, 3.63) is 71.2 Å². The van der Waals surface area contributed by atoms with Crippen LogP contribution in [0.1, 0.15) is 41.4 Å². The number of likely N-dealkylation sites (tertiary alicyclic amines) is 1. The topological polar surface area (TPSA) is 84.2 Å². The molecule has 1 aromatic carbocycles. The molecule has 2 aliphatic rings. The Morgan fingerprint density at radius 1 is 1.24 bits per heavy atom. The van der Waals surface area contributed by atoms with Gasteiger partial charge in [0.2, 0.25) is 11.8 Å². The van der Waals surface area contributed by atoms with Gasteiger partial charge in [0.05, 0.1) is 13.0 Å². The highest BCUT2D eigenvalue weighted by molar-refractivity contribution is 6.00. The monoisotopic (exact) mass is 448 g/mol. The smallest absolute Gasteiger partial charge is 0.244 e. The first-order chi connectivity index (χ1) is 16.0. The van der Waals surface area contributed by atoms with Crippen molar-refractivity contribution in [2.24, 2.45) is 0 Å². The summed E-state index contributed by atoms with van der Waals surface area (Å²) in [4.78, 5) is 38.5. The van der Waals surface area contributed by atoms with E-state index in [-0.39, 0.29) is 43.1 Å². The third-order valence-electron chi connectivity index (χ3n) is 6.32. The molecular weight excluding hydrogens is 423 g/mol. The fourth-order valence-electron chi connectivity index (χ4n) is 4.61. The molecule has 0 saturated carbocycles. The summed E-state index contributed by atoms with van der Waals surface area (Å²) in [5, 5.41) is 4.12. The molecule has 33 heavy (non-hydrogen) atoms. The fraction of sp³-hybridized carbons (Fsp3) is 0.375. The van der Waals surface area contributed by atoms with Crippen LogP contribution in [-0.4, -0.2) is 49.6 Å². The minimum absolute atomic E-state index is 0.00366. The second-order valence-corrected chi connectivity index (χ2v) is 8.64. The molecule has 0 radical (unpaired) electrons. The van der Waals surface area contributed by atoms with E-state index in [1.165, 1.54) is 12.1 Å². The van der Waals surface area contributed by atoms with E-state index in [1.54, 1.807) is 40.2 Å². The van der Waals surface area contributed by atoms with E-state index in [0.717, 1.165) is 24.1 Å². The van der Waals surface area contributed by atoms with Crippen LogP contribution in [-0.2, 0) is 29.1 Å². The minimum Gasteiger partial charge on any atom is -0.340 e. The predicted molar refractivity (Wildman–Crippen MR) is 119 cm³/mol. The maximum Gasteiger partial charge on any atom is 0.244 e. The second kappa shape index (κ2) is 8.73. The molecule has 5 rings (SSSR count). The average molecular weight is 449 g/mol. The van der Waals surface area contributed by atoms with Crippen molar-refractivity contribution >= 4 is 17.6 Å². The number of hydrogen-bond acceptors (Lipinski definition) is 5. The largest absolute Gasteiger partial charge is 0.340 e. The van der Waals surface area contributed by atoms with E-state index in [4.69, 9.17) is 9.97 Å². The maximum absolute atomic E-state index is 13.7. The number of amides is 2. The molecule has 1 saturated heterocycles. The van der Waals surface area contributed by atoms with Gasteiger partial charge in [0, 0.05) is 42.7 Å². The molecule has 3 aromatic rings. The van der Waals surface area contributed by atoms with Gasteiger partial charge in [0.1, 0.15) is 24.0 Å². The van der Waals surface area contributed by atoms with Crippen LogP contribution >= 0.6 is 0 Å². The van der Waals surface area contributed by atoms with Crippen molar-refractivity contribution in [1.29, 1.82) is 0 Å². The first kappa shape index (κ1) is 21.2. The Kier molecular flexibility index (Phi) is 5.62. The first-order valence-corrected chi connectivity index (χ1v) is 11.2. The molecule has 4 heterocycles. The summed E-state index contributed by atoms with van der Waals surface area (Å²) < 4.78 is 15.3. The minimum atomic E-state index is -0.332. The molecule has 0 N–H and O–H groups in total. The van der Waals surface area contributed by atoms with Gasteiger partial charge in [-0.3, -0.25) is 19.2 Å². The molecule has 2 aliphatic heterocycles. The number of carbonyl (C=O) groups excluding carboxylic acids is 2. The number of aryl methyl sites for hydroxylation is 1. The normalized spacial score (nSPS) is 18.0. The molecule has 1 fully saturated rings. The van der Waals surface area contributed by atoms with Crippen LogP contribution in [0.2, 0.25) is 0 Å². The van der Waals surface area contributed by atoms with Crippen molar-refractivity contribution in [2.75, 3.05) is 18.0 Å². The molecule has 2 amide bonds. The summed E-state index contributed by atoms with van der Waals surface area (Å²) >= 11 is 0. The van der Waals surface area contributed by atoms with Gasteiger partial charge in [0.25, 0.3) is 0 Å².